The lowest BCUT2D eigenvalue weighted by molar-refractivity contribution is 0.995. The molecule has 0 aliphatic carbocycles. The molecule has 2 nitrogen and oxygen atoms in total. The average molecular weight is 122 g/mol. The first-order chi connectivity index (χ1) is 4.34. The number of aromatic nitrogens is 2. The molecule has 0 N–H and O–H groups in total. The lowest BCUT2D eigenvalue weighted by Crippen LogP contribution is -1.90. The van der Waals surface area contributed by atoms with Crippen molar-refractivity contribution in [3.8, 4) is 0 Å². The zero-order valence-corrected chi connectivity index (χ0v) is 5.76. The summed E-state index contributed by atoms with van der Waals surface area (Å²) < 4.78 is 0. The van der Waals surface area contributed by atoms with Crippen LogP contribution in [0.5, 0.6) is 0 Å². The quantitative estimate of drug-likeness (QED) is 0.562. The van der Waals surface area contributed by atoms with Gasteiger partial charge in [-0.1, -0.05) is 6.92 Å². The van der Waals surface area contributed by atoms with Gasteiger partial charge in [-0.3, -0.25) is 0 Å². The molecule has 0 fully saturated rings. The zero-order chi connectivity index (χ0) is 6.69. The van der Waals surface area contributed by atoms with Gasteiger partial charge >= 0.3 is 0 Å². The normalized spacial score (nSPS) is 9.56. The molecule has 0 unspecified atom stereocenters. The second-order valence-corrected chi connectivity index (χ2v) is 1.99. The molecule has 1 rings (SSSR count). The molecule has 0 atom stereocenters. The van der Waals surface area contributed by atoms with Crippen LogP contribution < -0.4 is 0 Å². The van der Waals surface area contributed by atoms with Gasteiger partial charge in [0.25, 0.3) is 0 Å². The molecular formula is C7H10N2. The van der Waals surface area contributed by atoms with Crippen LogP contribution in [0.25, 0.3) is 0 Å². The van der Waals surface area contributed by atoms with Crippen LogP contribution in [0.15, 0.2) is 12.5 Å². The molecule has 0 bridgehead atoms. The molecule has 9 heavy (non-hydrogen) atoms. The van der Waals surface area contributed by atoms with Crippen LogP contribution in [0.1, 0.15) is 18.2 Å². The molecule has 1 aromatic heterocycles. The van der Waals surface area contributed by atoms with Crippen molar-refractivity contribution < 1.29 is 0 Å². The van der Waals surface area contributed by atoms with Crippen molar-refractivity contribution in [1.82, 2.24) is 9.97 Å². The summed E-state index contributed by atoms with van der Waals surface area (Å²) in [6.45, 7) is 4.10. The standard InChI is InChI=1S/C7H10N2/c1-3-7-4-8-5-9-6(7)2/h4-5H,3H2,1-2H3. The van der Waals surface area contributed by atoms with Crippen molar-refractivity contribution in [2.75, 3.05) is 0 Å². The molecule has 0 aliphatic rings. The van der Waals surface area contributed by atoms with Crippen molar-refractivity contribution >= 4 is 0 Å². The Morgan fingerprint density at radius 2 is 2.33 bits per heavy atom. The molecule has 0 saturated heterocycles. The van der Waals surface area contributed by atoms with Crippen molar-refractivity contribution in [2.45, 2.75) is 20.3 Å². The van der Waals surface area contributed by atoms with E-state index in [9.17, 15) is 0 Å². The van der Waals surface area contributed by atoms with Gasteiger partial charge in [0.2, 0.25) is 0 Å². The minimum Gasteiger partial charge on any atom is -0.245 e. The monoisotopic (exact) mass is 122 g/mol. The Morgan fingerprint density at radius 1 is 1.56 bits per heavy atom. The molecule has 0 aliphatic heterocycles. The van der Waals surface area contributed by atoms with E-state index in [0.717, 1.165) is 12.1 Å². The van der Waals surface area contributed by atoms with Crippen molar-refractivity contribution in [2.24, 2.45) is 0 Å². The lowest BCUT2D eigenvalue weighted by atomic mass is 10.2. The number of nitrogens with zero attached hydrogens (tertiary/aromatic N) is 2. The third-order valence-electron chi connectivity index (χ3n) is 1.39. The Kier molecular flexibility index (Phi) is 1.78. The van der Waals surface area contributed by atoms with Crippen molar-refractivity contribution in [3.63, 3.8) is 0 Å². The molecule has 1 heterocycles. The van der Waals surface area contributed by atoms with Gasteiger partial charge in [0.15, 0.2) is 0 Å². The zero-order valence-electron chi connectivity index (χ0n) is 5.76. The third kappa shape index (κ3) is 1.25. The maximum Gasteiger partial charge on any atom is 0.115 e. The van der Waals surface area contributed by atoms with Gasteiger partial charge in [0.1, 0.15) is 6.33 Å². The topological polar surface area (TPSA) is 25.8 Å². The highest BCUT2D eigenvalue weighted by atomic mass is 14.8. The largest absolute Gasteiger partial charge is 0.245 e. The number of hydrogen-bond acceptors (Lipinski definition) is 2. The summed E-state index contributed by atoms with van der Waals surface area (Å²) in [5, 5.41) is 0. The maximum absolute atomic E-state index is 4.04. The minimum absolute atomic E-state index is 1.02. The number of rotatable bonds is 1. The van der Waals surface area contributed by atoms with Crippen LogP contribution in [-0.2, 0) is 6.42 Å². The summed E-state index contributed by atoms with van der Waals surface area (Å²) in [7, 11) is 0. The van der Waals surface area contributed by atoms with E-state index in [-0.39, 0.29) is 0 Å². The summed E-state index contributed by atoms with van der Waals surface area (Å²) in [4.78, 5) is 7.94. The molecule has 0 saturated carbocycles. The smallest absolute Gasteiger partial charge is 0.115 e. The Balaban J connectivity index is 3.01. The first kappa shape index (κ1) is 6.20. The van der Waals surface area contributed by atoms with Gasteiger partial charge in [0, 0.05) is 11.9 Å². The van der Waals surface area contributed by atoms with Gasteiger partial charge in [-0.2, -0.15) is 0 Å². The van der Waals surface area contributed by atoms with Crippen LogP contribution in [-0.4, -0.2) is 9.97 Å². The van der Waals surface area contributed by atoms with E-state index >= 15 is 0 Å². The van der Waals surface area contributed by atoms with E-state index < -0.39 is 0 Å². The Morgan fingerprint density at radius 3 is 2.78 bits per heavy atom. The molecule has 1 aromatic rings. The van der Waals surface area contributed by atoms with Crippen LogP contribution in [0.2, 0.25) is 0 Å². The van der Waals surface area contributed by atoms with Gasteiger partial charge in [-0.15, -0.1) is 0 Å². The first-order valence-electron chi connectivity index (χ1n) is 3.10. The third-order valence-corrected chi connectivity index (χ3v) is 1.39. The van der Waals surface area contributed by atoms with Gasteiger partial charge in [0.05, 0.1) is 0 Å². The van der Waals surface area contributed by atoms with Crippen LogP contribution >= 0.6 is 0 Å². The predicted octanol–water partition coefficient (Wildman–Crippen LogP) is 1.35. The van der Waals surface area contributed by atoms with Crippen LogP contribution in [0.4, 0.5) is 0 Å². The highest BCUT2D eigenvalue weighted by Gasteiger charge is 1.92. The van der Waals surface area contributed by atoms with E-state index in [1.807, 2.05) is 13.1 Å². The minimum atomic E-state index is 1.02. The summed E-state index contributed by atoms with van der Waals surface area (Å²) in [5.74, 6) is 0. The van der Waals surface area contributed by atoms with E-state index in [1.54, 1.807) is 6.33 Å². The van der Waals surface area contributed by atoms with Crippen LogP contribution in [0.3, 0.4) is 0 Å². The summed E-state index contributed by atoms with van der Waals surface area (Å²) in [5.41, 5.74) is 2.32. The fourth-order valence-corrected chi connectivity index (χ4v) is 0.767. The van der Waals surface area contributed by atoms with E-state index in [0.29, 0.717) is 0 Å². The van der Waals surface area contributed by atoms with Gasteiger partial charge in [-0.05, 0) is 18.9 Å². The Hall–Kier alpha value is -0.920. The summed E-state index contributed by atoms with van der Waals surface area (Å²) in [6, 6.07) is 0. The fourth-order valence-electron chi connectivity index (χ4n) is 0.767. The first-order valence-corrected chi connectivity index (χ1v) is 3.10. The highest BCUT2D eigenvalue weighted by molar-refractivity contribution is 5.13. The number of aryl methyl sites for hydroxylation is 2. The summed E-state index contributed by atoms with van der Waals surface area (Å²) >= 11 is 0. The second-order valence-electron chi connectivity index (χ2n) is 1.99. The van der Waals surface area contributed by atoms with Gasteiger partial charge < -0.3 is 0 Å². The van der Waals surface area contributed by atoms with E-state index in [1.165, 1.54) is 5.56 Å². The van der Waals surface area contributed by atoms with Crippen LogP contribution in [0, 0.1) is 6.92 Å². The highest BCUT2D eigenvalue weighted by Crippen LogP contribution is 2.00. The molecular weight excluding hydrogens is 112 g/mol. The SMILES string of the molecule is CCc1cncnc1C. The summed E-state index contributed by atoms with van der Waals surface area (Å²) in [6.07, 6.45) is 4.46. The predicted molar refractivity (Wildman–Crippen MR) is 36.1 cm³/mol. The van der Waals surface area contributed by atoms with E-state index in [4.69, 9.17) is 0 Å². The molecule has 0 radical (unpaired) electrons. The van der Waals surface area contributed by atoms with Gasteiger partial charge in [-0.25, -0.2) is 9.97 Å². The second kappa shape index (κ2) is 2.58. The molecule has 0 spiro atoms. The maximum atomic E-state index is 4.04. The molecule has 0 amide bonds. The van der Waals surface area contributed by atoms with E-state index in [2.05, 4.69) is 16.9 Å². The Labute approximate surface area is 55.0 Å². The average Bonchev–Trinajstić information content (AvgIpc) is 1.89. The Bertz CT molecular complexity index is 196. The number of hydrogen-bond donors (Lipinski definition) is 0. The van der Waals surface area contributed by atoms with Crippen molar-refractivity contribution in [3.05, 3.63) is 23.8 Å². The molecule has 0 aromatic carbocycles. The molecule has 2 heteroatoms. The molecule has 48 valence electrons. The van der Waals surface area contributed by atoms with Crippen molar-refractivity contribution in [1.29, 1.82) is 0 Å². The fraction of sp³-hybridized carbons (Fsp3) is 0.429. The lowest BCUT2D eigenvalue weighted by Gasteiger charge is -1.96.